The fraction of sp³-hybridized carbons (Fsp3) is 0.429. The van der Waals surface area contributed by atoms with Crippen LogP contribution in [-0.2, 0) is 4.65 Å². The number of allylic oxidation sites excluding steroid dienone is 2. The first-order valence-electron chi connectivity index (χ1n) is 3.09. The minimum Gasteiger partial charge on any atom is -0.438 e. The Hall–Kier alpha value is -0.495. The van der Waals surface area contributed by atoms with Crippen LogP contribution in [0.5, 0.6) is 0 Å². The molecule has 0 bridgehead atoms. The summed E-state index contributed by atoms with van der Waals surface area (Å²) in [5.74, 6) is 0. The number of hydrogen-bond acceptors (Lipinski definition) is 1. The minimum absolute atomic E-state index is 0.278. The second kappa shape index (κ2) is 5.64. The van der Waals surface area contributed by atoms with Crippen LogP contribution in [0.25, 0.3) is 0 Å². The first kappa shape index (κ1) is 8.50. The molecule has 0 unspecified atom stereocenters. The molecule has 0 aromatic carbocycles. The van der Waals surface area contributed by atoms with Crippen molar-refractivity contribution in [3.63, 3.8) is 0 Å². The standard InChI is InChI=1S/C7H13BO/c1-4-6-8(9-3)7-5-2/h4-5H,1-2,6-7H2,3H3. The summed E-state index contributed by atoms with van der Waals surface area (Å²) in [5.41, 5.74) is 0. The van der Waals surface area contributed by atoms with Gasteiger partial charge in [-0.2, -0.15) is 0 Å². The van der Waals surface area contributed by atoms with Crippen molar-refractivity contribution in [1.82, 2.24) is 0 Å². The molecule has 0 saturated heterocycles. The molecule has 0 saturated carbocycles. The lowest BCUT2D eigenvalue weighted by atomic mass is 9.61. The van der Waals surface area contributed by atoms with Crippen molar-refractivity contribution in [3.05, 3.63) is 25.3 Å². The summed E-state index contributed by atoms with van der Waals surface area (Å²) in [6.07, 6.45) is 5.53. The van der Waals surface area contributed by atoms with E-state index in [4.69, 9.17) is 4.65 Å². The molecule has 0 radical (unpaired) electrons. The second-order valence-electron chi connectivity index (χ2n) is 1.91. The Bertz CT molecular complexity index is 80.9. The number of rotatable bonds is 5. The van der Waals surface area contributed by atoms with E-state index in [-0.39, 0.29) is 6.92 Å². The van der Waals surface area contributed by atoms with Crippen molar-refractivity contribution in [2.45, 2.75) is 12.6 Å². The van der Waals surface area contributed by atoms with Crippen LogP contribution in [-0.4, -0.2) is 14.0 Å². The van der Waals surface area contributed by atoms with E-state index in [2.05, 4.69) is 13.2 Å². The quantitative estimate of drug-likeness (QED) is 0.402. The van der Waals surface area contributed by atoms with E-state index in [0.717, 1.165) is 12.6 Å². The molecular formula is C7H13BO. The Kier molecular flexibility index (Phi) is 5.33. The lowest BCUT2D eigenvalue weighted by molar-refractivity contribution is 0.423. The van der Waals surface area contributed by atoms with E-state index in [0.29, 0.717) is 0 Å². The summed E-state index contributed by atoms with van der Waals surface area (Å²) in [5, 5.41) is 0. The molecule has 0 aliphatic carbocycles. The molecule has 9 heavy (non-hydrogen) atoms. The molecule has 0 N–H and O–H groups in total. The van der Waals surface area contributed by atoms with E-state index in [9.17, 15) is 0 Å². The zero-order valence-electron chi connectivity index (χ0n) is 5.97. The normalized spacial score (nSPS) is 8.56. The van der Waals surface area contributed by atoms with Crippen LogP contribution >= 0.6 is 0 Å². The van der Waals surface area contributed by atoms with E-state index in [1.54, 1.807) is 7.11 Å². The molecule has 0 fully saturated rings. The van der Waals surface area contributed by atoms with E-state index in [1.165, 1.54) is 0 Å². The fourth-order valence-electron chi connectivity index (χ4n) is 0.660. The summed E-state index contributed by atoms with van der Waals surface area (Å²) in [7, 11) is 1.71. The average Bonchev–Trinajstić information content (AvgIpc) is 1.88. The maximum atomic E-state index is 5.09. The molecule has 0 atom stereocenters. The molecule has 0 rings (SSSR count). The van der Waals surface area contributed by atoms with Gasteiger partial charge in [-0.05, 0) is 12.6 Å². The fourth-order valence-corrected chi connectivity index (χ4v) is 0.660. The molecule has 50 valence electrons. The second-order valence-corrected chi connectivity index (χ2v) is 1.91. The summed E-state index contributed by atoms with van der Waals surface area (Å²) in [6.45, 7) is 7.51. The predicted molar refractivity (Wildman–Crippen MR) is 42.8 cm³/mol. The maximum Gasteiger partial charge on any atom is 0.300 e. The van der Waals surface area contributed by atoms with Crippen LogP contribution < -0.4 is 0 Å². The topological polar surface area (TPSA) is 9.23 Å². The molecule has 0 aromatic heterocycles. The minimum atomic E-state index is 0.278. The molecular weight excluding hydrogens is 111 g/mol. The third kappa shape index (κ3) is 4.04. The van der Waals surface area contributed by atoms with Gasteiger partial charge in [-0.25, -0.2) is 0 Å². The molecule has 1 nitrogen and oxygen atoms in total. The van der Waals surface area contributed by atoms with Crippen LogP contribution in [0.15, 0.2) is 25.3 Å². The first-order valence-corrected chi connectivity index (χ1v) is 3.09. The molecule has 0 aliphatic rings. The smallest absolute Gasteiger partial charge is 0.300 e. The van der Waals surface area contributed by atoms with Crippen molar-refractivity contribution >= 4 is 6.92 Å². The van der Waals surface area contributed by atoms with Gasteiger partial charge in [0.1, 0.15) is 0 Å². The average molecular weight is 124 g/mol. The molecule has 0 heterocycles. The van der Waals surface area contributed by atoms with Gasteiger partial charge in [-0.1, -0.05) is 12.2 Å². The zero-order valence-corrected chi connectivity index (χ0v) is 5.97. The highest BCUT2D eigenvalue weighted by atomic mass is 16.4. The van der Waals surface area contributed by atoms with E-state index >= 15 is 0 Å². The van der Waals surface area contributed by atoms with Gasteiger partial charge in [0.05, 0.1) is 0 Å². The van der Waals surface area contributed by atoms with Crippen LogP contribution in [0.4, 0.5) is 0 Å². The Morgan fingerprint density at radius 1 is 1.33 bits per heavy atom. The molecule has 0 aliphatic heterocycles. The van der Waals surface area contributed by atoms with Gasteiger partial charge in [-0.3, -0.25) is 0 Å². The molecule has 0 amide bonds. The van der Waals surface area contributed by atoms with Gasteiger partial charge in [0, 0.05) is 7.11 Å². The summed E-state index contributed by atoms with van der Waals surface area (Å²) < 4.78 is 5.09. The van der Waals surface area contributed by atoms with Crippen LogP contribution in [0.1, 0.15) is 0 Å². The van der Waals surface area contributed by atoms with E-state index < -0.39 is 0 Å². The van der Waals surface area contributed by atoms with Crippen LogP contribution in [0.3, 0.4) is 0 Å². The third-order valence-electron chi connectivity index (χ3n) is 1.19. The van der Waals surface area contributed by atoms with Gasteiger partial charge in [0.25, 0.3) is 6.92 Å². The van der Waals surface area contributed by atoms with Gasteiger partial charge >= 0.3 is 0 Å². The molecule has 0 aromatic rings. The molecule has 0 spiro atoms. The number of hydrogen-bond donors (Lipinski definition) is 0. The van der Waals surface area contributed by atoms with Gasteiger partial charge in [-0.15, -0.1) is 13.2 Å². The summed E-state index contributed by atoms with van der Waals surface area (Å²) in [4.78, 5) is 0. The maximum absolute atomic E-state index is 5.09. The van der Waals surface area contributed by atoms with Crippen molar-refractivity contribution in [3.8, 4) is 0 Å². The highest BCUT2D eigenvalue weighted by Crippen LogP contribution is 2.00. The third-order valence-corrected chi connectivity index (χ3v) is 1.19. The van der Waals surface area contributed by atoms with Crippen molar-refractivity contribution in [2.75, 3.05) is 7.11 Å². The van der Waals surface area contributed by atoms with Gasteiger partial charge < -0.3 is 4.65 Å². The lowest BCUT2D eigenvalue weighted by Crippen LogP contribution is -2.12. The summed E-state index contributed by atoms with van der Waals surface area (Å²) >= 11 is 0. The van der Waals surface area contributed by atoms with Crippen LogP contribution in [0, 0.1) is 0 Å². The predicted octanol–water partition coefficient (Wildman–Crippen LogP) is 2.00. The van der Waals surface area contributed by atoms with Gasteiger partial charge in [0.15, 0.2) is 0 Å². The highest BCUT2D eigenvalue weighted by molar-refractivity contribution is 6.52. The largest absolute Gasteiger partial charge is 0.438 e. The SMILES string of the molecule is C=CCB(CC=C)OC. The highest BCUT2D eigenvalue weighted by Gasteiger charge is 2.07. The Morgan fingerprint density at radius 3 is 2.00 bits per heavy atom. The van der Waals surface area contributed by atoms with Crippen molar-refractivity contribution in [1.29, 1.82) is 0 Å². The van der Waals surface area contributed by atoms with Gasteiger partial charge in [0.2, 0.25) is 0 Å². The van der Waals surface area contributed by atoms with E-state index in [1.807, 2.05) is 12.2 Å². The molecule has 2 heteroatoms. The van der Waals surface area contributed by atoms with Crippen molar-refractivity contribution in [2.24, 2.45) is 0 Å². The summed E-state index contributed by atoms with van der Waals surface area (Å²) in [6, 6.07) is 0. The van der Waals surface area contributed by atoms with Crippen LogP contribution in [0.2, 0.25) is 12.6 Å². The Balaban J connectivity index is 3.39. The lowest BCUT2D eigenvalue weighted by Gasteiger charge is -2.03. The monoisotopic (exact) mass is 124 g/mol. The van der Waals surface area contributed by atoms with Crippen molar-refractivity contribution < 1.29 is 4.65 Å². The Morgan fingerprint density at radius 2 is 1.78 bits per heavy atom. The Labute approximate surface area is 57.5 Å². The zero-order chi connectivity index (χ0) is 7.11. The first-order chi connectivity index (χ1) is 4.35.